The van der Waals surface area contributed by atoms with Crippen molar-refractivity contribution in [1.82, 2.24) is 4.90 Å². The van der Waals surface area contributed by atoms with Gasteiger partial charge in [0, 0.05) is 19.0 Å². The van der Waals surface area contributed by atoms with Crippen molar-refractivity contribution in [2.24, 2.45) is 0 Å². The molecular weight excluding hydrogens is 380 g/mol. The summed E-state index contributed by atoms with van der Waals surface area (Å²) < 4.78 is 6.01. The van der Waals surface area contributed by atoms with E-state index in [1.54, 1.807) is 29.2 Å². The third-order valence-electron chi connectivity index (χ3n) is 5.92. The van der Waals surface area contributed by atoms with Crippen LogP contribution in [-0.2, 0) is 17.8 Å². The summed E-state index contributed by atoms with van der Waals surface area (Å²) >= 11 is 0. The van der Waals surface area contributed by atoms with E-state index in [2.05, 4.69) is 11.0 Å². The zero-order valence-corrected chi connectivity index (χ0v) is 17.2. The topological polar surface area (TPSA) is 70.1 Å². The standard InChI is InChI=1S/C24H28N2O4/c27-23-11-9-19-8-10-21(30-15-14-25-12-2-1-3-13-25)16-22(19)26(23)17-18-4-6-20(7-5-18)24(28)29/h4-8,10,16H,1-3,9,11-15,17H2,(H,28,29). The fourth-order valence-electron chi connectivity index (χ4n) is 4.19. The molecule has 0 spiro atoms. The quantitative estimate of drug-likeness (QED) is 0.756. The molecule has 2 aliphatic heterocycles. The average Bonchev–Trinajstić information content (AvgIpc) is 2.77. The Morgan fingerprint density at radius 1 is 1.00 bits per heavy atom. The number of rotatable bonds is 7. The van der Waals surface area contributed by atoms with Crippen LogP contribution in [0.4, 0.5) is 5.69 Å². The number of hydrogen-bond donors (Lipinski definition) is 1. The molecule has 0 aromatic heterocycles. The molecule has 1 amide bonds. The lowest BCUT2D eigenvalue weighted by Gasteiger charge is -2.30. The van der Waals surface area contributed by atoms with E-state index in [4.69, 9.17) is 9.84 Å². The smallest absolute Gasteiger partial charge is 0.335 e. The number of benzene rings is 2. The SMILES string of the molecule is O=C(O)c1ccc(CN2C(=O)CCc3ccc(OCCN4CCCCC4)cc32)cc1. The molecule has 1 fully saturated rings. The molecule has 0 saturated carbocycles. The number of aryl methyl sites for hydroxylation is 1. The molecule has 30 heavy (non-hydrogen) atoms. The molecule has 0 atom stereocenters. The summed E-state index contributed by atoms with van der Waals surface area (Å²) in [7, 11) is 0. The van der Waals surface area contributed by atoms with Gasteiger partial charge in [0.1, 0.15) is 12.4 Å². The fraction of sp³-hybridized carbons (Fsp3) is 0.417. The number of carbonyl (C=O) groups is 2. The first-order valence-corrected chi connectivity index (χ1v) is 10.7. The molecule has 158 valence electrons. The maximum absolute atomic E-state index is 12.7. The molecule has 0 radical (unpaired) electrons. The molecule has 2 aromatic rings. The van der Waals surface area contributed by atoms with Crippen molar-refractivity contribution in [2.75, 3.05) is 31.1 Å². The molecule has 6 nitrogen and oxygen atoms in total. The Balaban J connectivity index is 1.45. The summed E-state index contributed by atoms with van der Waals surface area (Å²) in [4.78, 5) is 27.9. The molecule has 1 N–H and O–H groups in total. The van der Waals surface area contributed by atoms with Gasteiger partial charge in [0.2, 0.25) is 5.91 Å². The molecular formula is C24H28N2O4. The van der Waals surface area contributed by atoms with Gasteiger partial charge in [0.05, 0.1) is 17.8 Å². The molecule has 2 heterocycles. The number of nitrogens with zero attached hydrogens (tertiary/aromatic N) is 2. The predicted molar refractivity (Wildman–Crippen MR) is 115 cm³/mol. The van der Waals surface area contributed by atoms with E-state index in [9.17, 15) is 9.59 Å². The van der Waals surface area contributed by atoms with Crippen molar-refractivity contribution in [3.8, 4) is 5.75 Å². The van der Waals surface area contributed by atoms with Gasteiger partial charge in [-0.2, -0.15) is 0 Å². The molecule has 0 aliphatic carbocycles. The van der Waals surface area contributed by atoms with Gasteiger partial charge in [0.25, 0.3) is 0 Å². The summed E-state index contributed by atoms with van der Waals surface area (Å²) in [6, 6.07) is 12.7. The van der Waals surface area contributed by atoms with Gasteiger partial charge in [-0.1, -0.05) is 24.6 Å². The van der Waals surface area contributed by atoms with Crippen LogP contribution in [0.1, 0.15) is 47.2 Å². The fourth-order valence-corrected chi connectivity index (χ4v) is 4.19. The van der Waals surface area contributed by atoms with E-state index in [1.807, 2.05) is 12.1 Å². The zero-order valence-electron chi connectivity index (χ0n) is 17.2. The van der Waals surface area contributed by atoms with E-state index in [1.165, 1.54) is 19.3 Å². The second kappa shape index (κ2) is 9.30. The number of piperidine rings is 1. The lowest BCUT2D eigenvalue weighted by molar-refractivity contribution is -0.119. The van der Waals surface area contributed by atoms with E-state index in [0.29, 0.717) is 19.6 Å². The number of aromatic carboxylic acids is 1. The number of carboxylic acid groups (broad SMARTS) is 1. The highest BCUT2D eigenvalue weighted by Crippen LogP contribution is 2.32. The number of hydrogen-bond acceptors (Lipinski definition) is 4. The highest BCUT2D eigenvalue weighted by atomic mass is 16.5. The Morgan fingerprint density at radius 3 is 2.50 bits per heavy atom. The van der Waals surface area contributed by atoms with Gasteiger partial charge in [-0.25, -0.2) is 4.79 Å². The molecule has 0 bridgehead atoms. The van der Waals surface area contributed by atoms with E-state index < -0.39 is 5.97 Å². The molecule has 4 rings (SSSR count). The Bertz CT molecular complexity index is 904. The Hall–Kier alpha value is -2.86. The van der Waals surface area contributed by atoms with Crippen LogP contribution < -0.4 is 9.64 Å². The van der Waals surface area contributed by atoms with Gasteiger partial charge in [-0.3, -0.25) is 9.69 Å². The van der Waals surface area contributed by atoms with Crippen molar-refractivity contribution in [2.45, 2.75) is 38.6 Å². The summed E-state index contributed by atoms with van der Waals surface area (Å²) in [5, 5.41) is 9.07. The monoisotopic (exact) mass is 408 g/mol. The molecule has 6 heteroatoms. The Labute approximate surface area is 177 Å². The number of fused-ring (bicyclic) bond motifs is 1. The summed E-state index contributed by atoms with van der Waals surface area (Å²) in [6.45, 7) is 4.29. The number of carbonyl (C=O) groups excluding carboxylic acids is 1. The maximum Gasteiger partial charge on any atom is 0.335 e. The van der Waals surface area contributed by atoms with Crippen molar-refractivity contribution < 1.29 is 19.4 Å². The van der Waals surface area contributed by atoms with Crippen molar-refractivity contribution in [1.29, 1.82) is 0 Å². The Kier molecular flexibility index (Phi) is 6.33. The van der Waals surface area contributed by atoms with Crippen molar-refractivity contribution in [3.63, 3.8) is 0 Å². The van der Waals surface area contributed by atoms with Crippen LogP contribution in [-0.4, -0.2) is 48.1 Å². The minimum atomic E-state index is -0.952. The van der Waals surface area contributed by atoms with Crippen LogP contribution in [0.5, 0.6) is 5.75 Å². The lowest BCUT2D eigenvalue weighted by Crippen LogP contribution is -2.34. The number of carboxylic acids is 1. The van der Waals surface area contributed by atoms with Gasteiger partial charge in [-0.15, -0.1) is 0 Å². The lowest BCUT2D eigenvalue weighted by atomic mass is 10.00. The Morgan fingerprint density at radius 2 is 1.77 bits per heavy atom. The van der Waals surface area contributed by atoms with Gasteiger partial charge < -0.3 is 14.7 Å². The van der Waals surface area contributed by atoms with Gasteiger partial charge in [0.15, 0.2) is 0 Å². The highest BCUT2D eigenvalue weighted by molar-refractivity contribution is 5.96. The zero-order chi connectivity index (χ0) is 20.9. The third kappa shape index (κ3) is 4.82. The summed E-state index contributed by atoms with van der Waals surface area (Å²) in [6.07, 6.45) is 5.07. The van der Waals surface area contributed by atoms with E-state index in [0.717, 1.165) is 48.6 Å². The van der Waals surface area contributed by atoms with Crippen LogP contribution in [0.3, 0.4) is 0 Å². The predicted octanol–water partition coefficient (Wildman–Crippen LogP) is 3.73. The van der Waals surface area contributed by atoms with Gasteiger partial charge in [-0.05, 0) is 61.7 Å². The van der Waals surface area contributed by atoms with Gasteiger partial charge >= 0.3 is 5.97 Å². The van der Waals surface area contributed by atoms with Crippen molar-refractivity contribution in [3.05, 3.63) is 59.2 Å². The summed E-state index contributed by atoms with van der Waals surface area (Å²) in [5.41, 5.74) is 3.18. The number of ether oxygens (including phenoxy) is 1. The second-order valence-corrected chi connectivity index (χ2v) is 8.02. The highest BCUT2D eigenvalue weighted by Gasteiger charge is 2.25. The number of likely N-dealkylation sites (tertiary alicyclic amines) is 1. The summed E-state index contributed by atoms with van der Waals surface area (Å²) in [5.74, 6) is -0.0887. The average molecular weight is 408 g/mol. The third-order valence-corrected chi connectivity index (χ3v) is 5.92. The van der Waals surface area contributed by atoms with Crippen LogP contribution in [0, 0.1) is 0 Å². The molecule has 2 aliphatic rings. The molecule has 1 saturated heterocycles. The maximum atomic E-state index is 12.7. The van der Waals surface area contributed by atoms with Crippen LogP contribution in [0.15, 0.2) is 42.5 Å². The van der Waals surface area contributed by atoms with Crippen molar-refractivity contribution >= 4 is 17.6 Å². The molecule has 2 aromatic carbocycles. The number of amides is 1. The minimum absolute atomic E-state index is 0.0790. The minimum Gasteiger partial charge on any atom is -0.492 e. The van der Waals surface area contributed by atoms with Crippen LogP contribution in [0.2, 0.25) is 0 Å². The molecule has 0 unspecified atom stereocenters. The first-order valence-electron chi connectivity index (χ1n) is 10.7. The van der Waals surface area contributed by atoms with E-state index in [-0.39, 0.29) is 11.5 Å². The normalized spacial score (nSPS) is 16.9. The van der Waals surface area contributed by atoms with Crippen LogP contribution in [0.25, 0.3) is 0 Å². The second-order valence-electron chi connectivity index (χ2n) is 8.02. The largest absolute Gasteiger partial charge is 0.492 e. The van der Waals surface area contributed by atoms with E-state index >= 15 is 0 Å². The number of anilines is 1. The first kappa shape index (κ1) is 20.4. The first-order chi connectivity index (χ1) is 14.6. The van der Waals surface area contributed by atoms with Crippen LogP contribution >= 0.6 is 0 Å².